The number of benzene rings is 2. The molecule has 6 nitrogen and oxygen atoms in total. The lowest BCUT2D eigenvalue weighted by Gasteiger charge is -2.20. The Kier molecular flexibility index (Phi) is 7.52. The van der Waals surface area contributed by atoms with Crippen molar-refractivity contribution in [2.75, 3.05) is 5.75 Å². The third-order valence-corrected chi connectivity index (χ3v) is 6.07. The summed E-state index contributed by atoms with van der Waals surface area (Å²) in [7, 11) is 0. The van der Waals surface area contributed by atoms with Crippen molar-refractivity contribution in [2.24, 2.45) is 5.92 Å². The van der Waals surface area contributed by atoms with Crippen LogP contribution in [0.3, 0.4) is 0 Å². The molecule has 0 saturated carbocycles. The van der Waals surface area contributed by atoms with Gasteiger partial charge in [-0.3, -0.25) is 14.2 Å². The summed E-state index contributed by atoms with van der Waals surface area (Å²) in [6.07, 6.45) is 1.63. The van der Waals surface area contributed by atoms with Gasteiger partial charge in [-0.15, -0.1) is 0 Å². The molecule has 7 heteroatoms. The summed E-state index contributed by atoms with van der Waals surface area (Å²) in [5.74, 6) is -0.0210. The van der Waals surface area contributed by atoms with Crippen LogP contribution >= 0.6 is 11.8 Å². The molecule has 2 N–H and O–H groups in total. The van der Waals surface area contributed by atoms with Gasteiger partial charge >= 0.3 is 6.09 Å². The Morgan fingerprint density at radius 1 is 1.03 bits per heavy atom. The van der Waals surface area contributed by atoms with E-state index in [-0.39, 0.29) is 23.0 Å². The molecule has 1 heterocycles. The highest BCUT2D eigenvalue weighted by Crippen LogP contribution is 2.23. The number of nitrogens with zero attached hydrogens (tertiary/aromatic N) is 1. The summed E-state index contributed by atoms with van der Waals surface area (Å²) in [4.78, 5) is 36.0. The van der Waals surface area contributed by atoms with E-state index in [0.717, 1.165) is 28.3 Å². The zero-order valence-electron chi connectivity index (χ0n) is 17.6. The molecule has 1 amide bonds. The largest absolute Gasteiger partial charge is 0.464 e. The van der Waals surface area contributed by atoms with Crippen molar-refractivity contribution >= 4 is 39.8 Å². The highest BCUT2D eigenvalue weighted by Gasteiger charge is 2.22. The molecule has 0 bridgehead atoms. The van der Waals surface area contributed by atoms with Gasteiger partial charge in [0.15, 0.2) is 5.12 Å². The van der Waals surface area contributed by atoms with Crippen LogP contribution in [-0.4, -0.2) is 38.6 Å². The van der Waals surface area contributed by atoms with Crippen LogP contribution in [0.2, 0.25) is 0 Å². The Hall–Kier alpha value is -3.06. The number of hydrogen-bond donors (Lipinski definition) is 2. The molecule has 1 unspecified atom stereocenters. The van der Waals surface area contributed by atoms with E-state index in [9.17, 15) is 19.5 Å². The zero-order valence-corrected chi connectivity index (χ0v) is 18.4. The molecule has 2 atom stereocenters. The smallest absolute Gasteiger partial charge is 0.416 e. The standard InChI is InChI=1S/C24H26N2O4S/c1-16(12-19-14-26(24(29)30)22-11-7-6-10-21(19)22)25-23(28)20(15-31-17(2)27)13-18-8-4-3-5-9-18/h3-11,14,16,20H,12-13,15H2,1-2H3,(H,25,28)(H,29,30)/t16-,20?/m1/s1. The van der Waals surface area contributed by atoms with Gasteiger partial charge in [0.25, 0.3) is 0 Å². The minimum atomic E-state index is -1.04. The van der Waals surface area contributed by atoms with Gasteiger partial charge in [0.1, 0.15) is 0 Å². The van der Waals surface area contributed by atoms with Crippen LogP contribution in [0, 0.1) is 5.92 Å². The average molecular weight is 439 g/mol. The molecule has 3 rings (SSSR count). The lowest BCUT2D eigenvalue weighted by molar-refractivity contribution is -0.124. The van der Waals surface area contributed by atoms with Crippen molar-refractivity contribution in [1.82, 2.24) is 9.88 Å². The van der Waals surface area contributed by atoms with E-state index in [0.29, 0.717) is 24.1 Å². The minimum Gasteiger partial charge on any atom is -0.464 e. The summed E-state index contributed by atoms with van der Waals surface area (Å²) in [5.41, 5.74) is 2.54. The fourth-order valence-corrected chi connectivity index (χ4v) is 4.36. The number of carbonyl (C=O) groups is 3. The van der Waals surface area contributed by atoms with E-state index >= 15 is 0 Å². The first kappa shape index (κ1) is 22.6. The number of thioether (sulfide) groups is 1. The SMILES string of the molecule is CC(=O)SCC(Cc1ccccc1)C(=O)N[C@H](C)Cc1cn(C(=O)O)c2ccccc12. The molecule has 0 fully saturated rings. The molecule has 0 aliphatic carbocycles. The number of nitrogens with one attached hydrogen (secondary N) is 1. The first-order chi connectivity index (χ1) is 14.8. The average Bonchev–Trinajstić information content (AvgIpc) is 3.10. The molecule has 0 saturated heterocycles. The molecule has 1 aromatic heterocycles. The highest BCUT2D eigenvalue weighted by molar-refractivity contribution is 8.13. The van der Waals surface area contributed by atoms with Gasteiger partial charge in [0.2, 0.25) is 5.91 Å². The third kappa shape index (κ3) is 5.98. The number of hydrogen-bond acceptors (Lipinski definition) is 4. The Morgan fingerprint density at radius 2 is 1.71 bits per heavy atom. The van der Waals surface area contributed by atoms with Crippen LogP contribution in [0.25, 0.3) is 10.9 Å². The van der Waals surface area contributed by atoms with Crippen LogP contribution in [-0.2, 0) is 22.4 Å². The van der Waals surface area contributed by atoms with Gasteiger partial charge in [0, 0.05) is 30.3 Å². The Morgan fingerprint density at radius 3 is 2.39 bits per heavy atom. The summed E-state index contributed by atoms with van der Waals surface area (Å²) in [5, 5.41) is 13.4. The summed E-state index contributed by atoms with van der Waals surface area (Å²) >= 11 is 1.16. The number of rotatable bonds is 8. The van der Waals surface area contributed by atoms with Crippen molar-refractivity contribution < 1.29 is 19.5 Å². The Bertz CT molecular complexity index is 1080. The van der Waals surface area contributed by atoms with Gasteiger partial charge in [-0.05, 0) is 37.0 Å². The predicted molar refractivity (Wildman–Crippen MR) is 123 cm³/mol. The maximum absolute atomic E-state index is 13.0. The van der Waals surface area contributed by atoms with Crippen LogP contribution < -0.4 is 5.32 Å². The minimum absolute atomic E-state index is 0.0135. The highest BCUT2D eigenvalue weighted by atomic mass is 32.2. The van der Waals surface area contributed by atoms with Crippen LogP contribution in [0.4, 0.5) is 4.79 Å². The topological polar surface area (TPSA) is 88.4 Å². The van der Waals surface area contributed by atoms with Crippen molar-refractivity contribution in [3.05, 3.63) is 71.9 Å². The van der Waals surface area contributed by atoms with Crippen molar-refractivity contribution in [3.8, 4) is 0 Å². The number of carboxylic acid groups (broad SMARTS) is 1. The number of amides is 1. The predicted octanol–water partition coefficient (Wildman–Crippen LogP) is 4.35. The molecule has 3 aromatic rings. The molecule has 0 aliphatic rings. The molecule has 162 valence electrons. The molecule has 0 spiro atoms. The normalized spacial score (nSPS) is 13.0. The summed E-state index contributed by atoms with van der Waals surface area (Å²) < 4.78 is 1.21. The van der Waals surface area contributed by atoms with Crippen LogP contribution in [0.1, 0.15) is 25.0 Å². The monoisotopic (exact) mass is 438 g/mol. The van der Waals surface area contributed by atoms with Gasteiger partial charge < -0.3 is 10.4 Å². The van der Waals surface area contributed by atoms with E-state index in [1.54, 1.807) is 18.3 Å². The second-order valence-corrected chi connectivity index (χ2v) is 8.82. The van der Waals surface area contributed by atoms with E-state index in [1.807, 2.05) is 49.4 Å². The quantitative estimate of drug-likeness (QED) is 0.546. The van der Waals surface area contributed by atoms with Gasteiger partial charge in [0.05, 0.1) is 11.4 Å². The second kappa shape index (κ2) is 10.3. The number of fused-ring (bicyclic) bond motifs is 1. The fraction of sp³-hybridized carbons (Fsp3) is 0.292. The number of carbonyl (C=O) groups excluding carboxylic acids is 2. The van der Waals surface area contributed by atoms with E-state index in [1.165, 1.54) is 11.5 Å². The van der Waals surface area contributed by atoms with Crippen molar-refractivity contribution in [3.63, 3.8) is 0 Å². The first-order valence-corrected chi connectivity index (χ1v) is 11.1. The van der Waals surface area contributed by atoms with Crippen molar-refractivity contribution in [2.45, 2.75) is 32.7 Å². The van der Waals surface area contributed by atoms with Gasteiger partial charge in [-0.2, -0.15) is 0 Å². The third-order valence-electron chi connectivity index (χ3n) is 5.10. The Balaban J connectivity index is 1.72. The fourth-order valence-electron chi connectivity index (χ4n) is 3.66. The Labute approximate surface area is 185 Å². The maximum atomic E-state index is 13.0. The molecule has 31 heavy (non-hydrogen) atoms. The van der Waals surface area contributed by atoms with Crippen LogP contribution in [0.15, 0.2) is 60.8 Å². The van der Waals surface area contributed by atoms with Gasteiger partial charge in [-0.1, -0.05) is 60.3 Å². The molecular weight excluding hydrogens is 412 g/mol. The second-order valence-electron chi connectivity index (χ2n) is 7.63. The first-order valence-electron chi connectivity index (χ1n) is 10.1. The van der Waals surface area contributed by atoms with Crippen molar-refractivity contribution in [1.29, 1.82) is 0 Å². The van der Waals surface area contributed by atoms with E-state index < -0.39 is 6.09 Å². The maximum Gasteiger partial charge on any atom is 0.416 e. The summed E-state index contributed by atoms with van der Waals surface area (Å²) in [6.45, 7) is 3.41. The van der Waals surface area contributed by atoms with Gasteiger partial charge in [-0.25, -0.2) is 4.79 Å². The molecular formula is C24H26N2O4S. The van der Waals surface area contributed by atoms with Crippen LogP contribution in [0.5, 0.6) is 0 Å². The van der Waals surface area contributed by atoms with E-state index in [4.69, 9.17) is 0 Å². The number of aromatic nitrogens is 1. The summed E-state index contributed by atoms with van der Waals surface area (Å²) in [6, 6.07) is 16.9. The lowest BCUT2D eigenvalue weighted by Crippen LogP contribution is -2.40. The lowest BCUT2D eigenvalue weighted by atomic mass is 9.99. The number of para-hydroxylation sites is 1. The molecule has 0 aliphatic heterocycles. The zero-order chi connectivity index (χ0) is 22.4. The molecule has 0 radical (unpaired) electrons. The molecule has 2 aromatic carbocycles. The van der Waals surface area contributed by atoms with E-state index in [2.05, 4.69) is 5.32 Å².